The molecule has 152 valence electrons. The summed E-state index contributed by atoms with van der Waals surface area (Å²) in [6, 6.07) is 10.0. The number of sulfonamides is 1. The third-order valence-corrected chi connectivity index (χ3v) is 6.07. The smallest absolute Gasteiger partial charge is 0.287 e. The van der Waals surface area contributed by atoms with Gasteiger partial charge in [-0.05, 0) is 36.9 Å². The lowest BCUT2D eigenvalue weighted by Crippen LogP contribution is -2.43. The monoisotopic (exact) mass is 427 g/mol. The molecule has 1 atom stereocenters. The van der Waals surface area contributed by atoms with Crippen molar-refractivity contribution in [2.75, 3.05) is 39.9 Å². The summed E-state index contributed by atoms with van der Waals surface area (Å²) in [5.41, 5.74) is 1.02. The van der Waals surface area contributed by atoms with Gasteiger partial charge in [0.05, 0.1) is 19.3 Å². The summed E-state index contributed by atoms with van der Waals surface area (Å²) >= 11 is 5.99. The number of carbonyl (C=O) groups excluding carboxylic acids is 1. The first-order valence-electron chi connectivity index (χ1n) is 8.79. The first-order valence-corrected chi connectivity index (χ1v) is 10.7. The Kier molecular flexibility index (Phi) is 6.73. The van der Waals surface area contributed by atoms with Crippen LogP contribution >= 0.6 is 11.6 Å². The van der Waals surface area contributed by atoms with E-state index in [1.165, 1.54) is 19.2 Å². The second kappa shape index (κ2) is 9.06. The van der Waals surface area contributed by atoms with Gasteiger partial charge >= 0.3 is 0 Å². The van der Waals surface area contributed by atoms with Gasteiger partial charge in [0.2, 0.25) is 5.09 Å². The van der Waals surface area contributed by atoms with Gasteiger partial charge in [0.1, 0.15) is 0 Å². The maximum Gasteiger partial charge on any atom is 0.287 e. The number of nitrogens with zero attached hydrogens (tertiary/aromatic N) is 1. The van der Waals surface area contributed by atoms with Crippen LogP contribution in [0.5, 0.6) is 0 Å². The molecule has 0 spiro atoms. The molecule has 3 rings (SSSR count). The maximum atomic E-state index is 12.5. The molecule has 0 bridgehead atoms. The molecule has 1 aromatic heterocycles. The normalized spacial score (nSPS) is 16.6. The topological polar surface area (TPSA) is 101 Å². The summed E-state index contributed by atoms with van der Waals surface area (Å²) in [5, 5.41) is 3.17. The molecule has 1 aliphatic rings. The van der Waals surface area contributed by atoms with Crippen molar-refractivity contribution in [3.8, 4) is 0 Å². The van der Waals surface area contributed by atoms with E-state index in [0.717, 1.165) is 18.7 Å². The Balaban J connectivity index is 1.72. The summed E-state index contributed by atoms with van der Waals surface area (Å²) in [4.78, 5) is 14.7. The van der Waals surface area contributed by atoms with Crippen LogP contribution in [0.15, 0.2) is 45.9 Å². The van der Waals surface area contributed by atoms with Crippen molar-refractivity contribution >= 4 is 27.5 Å². The number of amides is 1. The number of carbonyl (C=O) groups is 1. The number of morpholine rings is 1. The quantitative estimate of drug-likeness (QED) is 0.696. The van der Waals surface area contributed by atoms with Crippen LogP contribution in [0.2, 0.25) is 5.02 Å². The highest BCUT2D eigenvalue weighted by Gasteiger charge is 2.25. The molecule has 2 N–H and O–H groups in total. The fourth-order valence-electron chi connectivity index (χ4n) is 3.00. The van der Waals surface area contributed by atoms with Gasteiger partial charge in [0, 0.05) is 24.7 Å². The third-order valence-electron chi connectivity index (χ3n) is 4.54. The van der Waals surface area contributed by atoms with Crippen molar-refractivity contribution in [2.24, 2.45) is 0 Å². The Morgan fingerprint density at radius 2 is 1.86 bits per heavy atom. The van der Waals surface area contributed by atoms with Crippen LogP contribution in [0.25, 0.3) is 0 Å². The molecule has 0 radical (unpaired) electrons. The molecule has 1 amide bonds. The second-order valence-electron chi connectivity index (χ2n) is 6.25. The fourth-order valence-corrected chi connectivity index (χ4v) is 3.77. The van der Waals surface area contributed by atoms with Crippen LogP contribution in [0.1, 0.15) is 22.2 Å². The SMILES string of the molecule is CNS(=O)(=O)c1ccc(C(=O)NCC(c2ccc(Cl)cc2)N2CCOCC2)o1. The second-order valence-corrected chi connectivity index (χ2v) is 8.51. The molecule has 8 nitrogen and oxygen atoms in total. The Morgan fingerprint density at radius 1 is 1.18 bits per heavy atom. The van der Waals surface area contributed by atoms with Gasteiger partial charge in [-0.1, -0.05) is 23.7 Å². The highest BCUT2D eigenvalue weighted by atomic mass is 35.5. The predicted octanol–water partition coefficient (Wildman–Crippen LogP) is 1.64. The van der Waals surface area contributed by atoms with E-state index in [2.05, 4.69) is 14.9 Å². The molecule has 1 saturated heterocycles. The van der Waals surface area contributed by atoms with E-state index >= 15 is 0 Å². The zero-order chi connectivity index (χ0) is 20.1. The minimum atomic E-state index is -3.74. The van der Waals surface area contributed by atoms with Crippen molar-refractivity contribution in [3.05, 3.63) is 52.7 Å². The number of furan rings is 1. The molecule has 1 aromatic carbocycles. The molecule has 1 unspecified atom stereocenters. The predicted molar refractivity (Wildman–Crippen MR) is 104 cm³/mol. The van der Waals surface area contributed by atoms with E-state index in [0.29, 0.717) is 24.8 Å². The van der Waals surface area contributed by atoms with Crippen LogP contribution in [-0.4, -0.2) is 59.1 Å². The Bertz CT molecular complexity index is 908. The molecule has 2 heterocycles. The number of rotatable bonds is 7. The molecule has 1 fully saturated rings. The standard InChI is InChI=1S/C18H22ClN3O5S/c1-20-28(24,25)17-7-6-16(27-17)18(23)21-12-15(22-8-10-26-11-9-22)13-2-4-14(19)5-3-13/h2-7,15,20H,8-12H2,1H3,(H,21,23). The lowest BCUT2D eigenvalue weighted by Gasteiger charge is -2.34. The zero-order valence-electron chi connectivity index (χ0n) is 15.4. The number of hydrogen-bond acceptors (Lipinski definition) is 6. The Labute approximate surface area is 168 Å². The molecule has 28 heavy (non-hydrogen) atoms. The van der Waals surface area contributed by atoms with Crippen LogP contribution < -0.4 is 10.0 Å². The summed E-state index contributed by atoms with van der Waals surface area (Å²) < 4.78 is 36.3. The molecular formula is C18H22ClN3O5S. The minimum absolute atomic E-state index is 0.0642. The van der Waals surface area contributed by atoms with Gasteiger partial charge in [-0.25, -0.2) is 13.1 Å². The lowest BCUT2D eigenvalue weighted by molar-refractivity contribution is 0.0161. The van der Waals surface area contributed by atoms with Crippen LogP contribution in [0.4, 0.5) is 0 Å². The van der Waals surface area contributed by atoms with Gasteiger partial charge in [-0.15, -0.1) is 0 Å². The van der Waals surface area contributed by atoms with E-state index in [1.54, 1.807) is 0 Å². The average molecular weight is 428 g/mol. The van der Waals surface area contributed by atoms with Crippen molar-refractivity contribution in [1.82, 2.24) is 14.9 Å². The Morgan fingerprint density at radius 3 is 2.50 bits per heavy atom. The molecule has 0 aliphatic carbocycles. The molecule has 0 saturated carbocycles. The van der Waals surface area contributed by atoms with Crippen molar-refractivity contribution in [3.63, 3.8) is 0 Å². The van der Waals surface area contributed by atoms with E-state index < -0.39 is 15.9 Å². The number of hydrogen-bond donors (Lipinski definition) is 2. The summed E-state index contributed by atoms with van der Waals surface area (Å²) in [5.74, 6) is -0.546. The number of halogens is 1. The number of nitrogens with one attached hydrogen (secondary N) is 2. The van der Waals surface area contributed by atoms with Crippen LogP contribution in [0.3, 0.4) is 0 Å². The summed E-state index contributed by atoms with van der Waals surface area (Å²) in [6.07, 6.45) is 0. The maximum absolute atomic E-state index is 12.5. The average Bonchev–Trinajstić information content (AvgIpc) is 3.21. The molecular weight excluding hydrogens is 406 g/mol. The highest BCUT2D eigenvalue weighted by molar-refractivity contribution is 7.89. The van der Waals surface area contributed by atoms with Gasteiger partial charge < -0.3 is 14.5 Å². The van der Waals surface area contributed by atoms with Crippen molar-refractivity contribution < 1.29 is 22.4 Å². The molecule has 10 heteroatoms. The molecule has 2 aromatic rings. The third kappa shape index (κ3) is 4.92. The van der Waals surface area contributed by atoms with E-state index in [-0.39, 0.29) is 16.9 Å². The molecule has 1 aliphatic heterocycles. The van der Waals surface area contributed by atoms with E-state index in [4.69, 9.17) is 20.8 Å². The van der Waals surface area contributed by atoms with E-state index in [9.17, 15) is 13.2 Å². The number of benzene rings is 1. The van der Waals surface area contributed by atoms with Crippen molar-refractivity contribution in [2.45, 2.75) is 11.1 Å². The number of ether oxygens (including phenoxy) is 1. The first kappa shape index (κ1) is 20.8. The highest BCUT2D eigenvalue weighted by Crippen LogP contribution is 2.23. The fraction of sp³-hybridized carbons (Fsp3) is 0.389. The first-order chi connectivity index (χ1) is 13.4. The zero-order valence-corrected chi connectivity index (χ0v) is 16.9. The van der Waals surface area contributed by atoms with Gasteiger partial charge in [-0.2, -0.15) is 0 Å². The van der Waals surface area contributed by atoms with Crippen LogP contribution in [0, 0.1) is 0 Å². The van der Waals surface area contributed by atoms with Crippen molar-refractivity contribution in [1.29, 1.82) is 0 Å². The Hall–Kier alpha value is -1.91. The summed E-state index contributed by atoms with van der Waals surface area (Å²) in [6.45, 7) is 3.07. The van der Waals surface area contributed by atoms with Gasteiger partial charge in [-0.3, -0.25) is 9.69 Å². The van der Waals surface area contributed by atoms with E-state index in [1.807, 2.05) is 24.3 Å². The van der Waals surface area contributed by atoms with Gasteiger partial charge in [0.25, 0.3) is 15.9 Å². The largest absolute Gasteiger partial charge is 0.438 e. The van der Waals surface area contributed by atoms with Crippen LogP contribution in [-0.2, 0) is 14.8 Å². The summed E-state index contributed by atoms with van der Waals surface area (Å²) in [7, 11) is -2.46. The minimum Gasteiger partial charge on any atom is -0.438 e. The lowest BCUT2D eigenvalue weighted by atomic mass is 10.0. The van der Waals surface area contributed by atoms with Gasteiger partial charge in [0.15, 0.2) is 5.76 Å².